The van der Waals surface area contributed by atoms with Gasteiger partial charge in [0, 0.05) is 6.42 Å². The highest BCUT2D eigenvalue weighted by atomic mass is 16.6. The molecule has 4 amide bonds. The van der Waals surface area contributed by atoms with E-state index in [2.05, 4.69) is 0 Å². The number of benzene rings is 2. The highest BCUT2D eigenvalue weighted by Gasteiger charge is 2.64. The lowest BCUT2D eigenvalue weighted by atomic mass is 9.92. The van der Waals surface area contributed by atoms with Gasteiger partial charge in [0.1, 0.15) is 12.7 Å². The maximum atomic E-state index is 14.1. The number of carbonyl (C=O) groups is 4. The van der Waals surface area contributed by atoms with Crippen LogP contribution in [0.4, 0.5) is 4.79 Å². The maximum Gasteiger partial charge on any atom is 0.421 e. The Morgan fingerprint density at radius 2 is 1.56 bits per heavy atom. The molecule has 1 fully saturated rings. The number of aryl methyl sites for hydroxylation is 1. The minimum atomic E-state index is -1.52. The van der Waals surface area contributed by atoms with E-state index >= 15 is 0 Å². The third-order valence-corrected chi connectivity index (χ3v) is 8.23. The summed E-state index contributed by atoms with van der Waals surface area (Å²) in [5.74, 6) is -2.52. The minimum Gasteiger partial charge on any atom is -0.444 e. The molecule has 12 heteroatoms. The van der Waals surface area contributed by atoms with Gasteiger partial charge in [-0.2, -0.15) is 4.90 Å². The van der Waals surface area contributed by atoms with E-state index in [-0.39, 0.29) is 30.5 Å². The third kappa shape index (κ3) is 7.77. The van der Waals surface area contributed by atoms with Crippen LogP contribution in [0.1, 0.15) is 51.2 Å². The van der Waals surface area contributed by atoms with E-state index in [1.165, 1.54) is 0 Å². The number of carbonyl (C=O) groups excluding carboxylic acids is 4. The van der Waals surface area contributed by atoms with E-state index in [1.54, 1.807) is 30.3 Å². The Hall–Kier alpha value is -3.84. The lowest BCUT2D eigenvalue weighted by molar-refractivity contribution is -1.00. The molecule has 43 heavy (non-hydrogen) atoms. The van der Waals surface area contributed by atoms with Crippen LogP contribution in [-0.4, -0.2) is 80.8 Å². The molecule has 3 unspecified atom stereocenters. The molecule has 3 rings (SSSR count). The van der Waals surface area contributed by atoms with Crippen molar-refractivity contribution in [2.24, 2.45) is 22.9 Å². The normalized spacial score (nSPS) is 22.3. The fourth-order valence-electron chi connectivity index (χ4n) is 6.23. The molecule has 0 bridgehead atoms. The fraction of sp³-hybridized carbons (Fsp3) is 0.484. The molecule has 1 saturated heterocycles. The van der Waals surface area contributed by atoms with Crippen molar-refractivity contribution >= 4 is 23.8 Å². The Balaban J connectivity index is 2.19. The largest absolute Gasteiger partial charge is 0.444 e. The molecule has 0 radical (unpaired) electrons. The molecule has 9 N–H and O–H groups in total. The predicted molar refractivity (Wildman–Crippen MR) is 160 cm³/mol. The lowest BCUT2D eigenvalue weighted by Crippen LogP contribution is -2.78. The average Bonchev–Trinajstić information content (AvgIpc) is 3.32. The number of ether oxygens (including phenoxy) is 1. The van der Waals surface area contributed by atoms with Gasteiger partial charge in [0.25, 0.3) is 11.8 Å². The molecule has 6 atom stereocenters. The van der Waals surface area contributed by atoms with Crippen LogP contribution in [0.2, 0.25) is 0 Å². The van der Waals surface area contributed by atoms with Gasteiger partial charge in [-0.3, -0.25) is 18.9 Å². The quantitative estimate of drug-likeness (QED) is 0.221. The highest BCUT2D eigenvalue weighted by Crippen LogP contribution is 2.42. The average molecular weight is 598 g/mol. The fourth-order valence-corrected chi connectivity index (χ4v) is 6.23. The predicted octanol–water partition coefficient (Wildman–Crippen LogP) is 0.875. The van der Waals surface area contributed by atoms with E-state index in [0.29, 0.717) is 12.0 Å². The molecule has 1 aliphatic rings. The van der Waals surface area contributed by atoms with Gasteiger partial charge in [0.05, 0.1) is 30.6 Å². The SMILES string of the molecule is CC(C)(C)[N+]1(C(C(O)CCc2ccccc2)N(C(=O)OCc2ccccc2)C(=O)[C@@H](N)CC(N)=O)C[C@H](N)C[C@@H]1C(N)=O. The lowest BCUT2D eigenvalue weighted by Gasteiger charge is -2.56. The van der Waals surface area contributed by atoms with Crippen molar-refractivity contribution in [2.75, 3.05) is 6.54 Å². The summed E-state index contributed by atoms with van der Waals surface area (Å²) in [5.41, 5.74) is 24.6. The molecular formula is C31H45N6O6+. The molecule has 0 saturated carbocycles. The highest BCUT2D eigenvalue weighted by molar-refractivity contribution is 5.97. The minimum absolute atomic E-state index is 0.103. The summed E-state index contributed by atoms with van der Waals surface area (Å²) >= 11 is 0. The second-order valence-electron chi connectivity index (χ2n) is 12.2. The van der Waals surface area contributed by atoms with Crippen molar-refractivity contribution in [3.63, 3.8) is 0 Å². The van der Waals surface area contributed by atoms with Gasteiger partial charge in [-0.05, 0) is 44.7 Å². The smallest absolute Gasteiger partial charge is 0.421 e. The number of aliphatic hydroxyl groups excluding tert-OH is 1. The Morgan fingerprint density at radius 1 is 1.00 bits per heavy atom. The molecule has 2 aromatic rings. The Bertz CT molecular complexity index is 1270. The molecule has 1 aliphatic heterocycles. The van der Waals surface area contributed by atoms with Gasteiger partial charge < -0.3 is 32.8 Å². The summed E-state index contributed by atoms with van der Waals surface area (Å²) in [6.45, 7) is 5.43. The second-order valence-corrected chi connectivity index (χ2v) is 12.2. The van der Waals surface area contributed by atoms with Crippen LogP contribution >= 0.6 is 0 Å². The van der Waals surface area contributed by atoms with E-state index in [9.17, 15) is 24.3 Å². The number of likely N-dealkylation sites (tertiary alicyclic amines) is 1. The van der Waals surface area contributed by atoms with Crippen molar-refractivity contribution < 1.29 is 33.5 Å². The molecule has 12 nitrogen and oxygen atoms in total. The number of primary amides is 2. The van der Waals surface area contributed by atoms with E-state index in [4.69, 9.17) is 27.7 Å². The van der Waals surface area contributed by atoms with Gasteiger partial charge in [-0.25, -0.2) is 4.79 Å². The maximum absolute atomic E-state index is 14.1. The Morgan fingerprint density at radius 3 is 2.07 bits per heavy atom. The van der Waals surface area contributed by atoms with Crippen LogP contribution in [-0.2, 0) is 32.1 Å². The first-order valence-electron chi connectivity index (χ1n) is 14.4. The monoisotopic (exact) mass is 597 g/mol. The van der Waals surface area contributed by atoms with Crippen molar-refractivity contribution in [3.8, 4) is 0 Å². The van der Waals surface area contributed by atoms with Gasteiger partial charge >= 0.3 is 6.09 Å². The summed E-state index contributed by atoms with van der Waals surface area (Å²) in [7, 11) is 0. The topological polar surface area (TPSA) is 205 Å². The third-order valence-electron chi connectivity index (χ3n) is 8.23. The number of nitrogens with two attached hydrogens (primary N) is 4. The molecule has 2 aromatic carbocycles. The first kappa shape index (κ1) is 33.7. The number of hydrogen-bond donors (Lipinski definition) is 5. The number of quaternary nitrogens is 1. The summed E-state index contributed by atoms with van der Waals surface area (Å²) in [5, 5.41) is 12.0. The number of amides is 4. The molecule has 234 valence electrons. The Kier molecular flexibility index (Phi) is 11.0. The summed E-state index contributed by atoms with van der Waals surface area (Å²) < 4.78 is 5.32. The van der Waals surface area contributed by atoms with Crippen LogP contribution in [0.3, 0.4) is 0 Å². The van der Waals surface area contributed by atoms with Crippen LogP contribution in [0, 0.1) is 0 Å². The molecule has 1 heterocycles. The number of nitrogens with zero attached hydrogens (tertiary/aromatic N) is 2. The number of rotatable bonds is 12. The van der Waals surface area contributed by atoms with Crippen LogP contribution in [0.25, 0.3) is 0 Å². The van der Waals surface area contributed by atoms with Crippen LogP contribution in [0.15, 0.2) is 60.7 Å². The van der Waals surface area contributed by atoms with Gasteiger partial charge in [-0.1, -0.05) is 60.7 Å². The van der Waals surface area contributed by atoms with Gasteiger partial charge in [0.15, 0.2) is 6.04 Å². The zero-order valence-electron chi connectivity index (χ0n) is 25.1. The second kappa shape index (κ2) is 14.1. The van der Waals surface area contributed by atoms with E-state index < -0.39 is 66.2 Å². The number of imide groups is 1. The molecule has 0 spiro atoms. The summed E-state index contributed by atoms with van der Waals surface area (Å²) in [6.07, 6.45) is -3.75. The zero-order valence-corrected chi connectivity index (χ0v) is 25.1. The van der Waals surface area contributed by atoms with Crippen LogP contribution < -0.4 is 22.9 Å². The number of aliphatic hydroxyl groups is 1. The van der Waals surface area contributed by atoms with Crippen molar-refractivity contribution in [1.29, 1.82) is 0 Å². The Labute approximate surface area is 252 Å². The summed E-state index contributed by atoms with van der Waals surface area (Å²) in [6, 6.07) is 15.2. The van der Waals surface area contributed by atoms with Gasteiger partial charge in [0.2, 0.25) is 12.1 Å². The van der Waals surface area contributed by atoms with Crippen LogP contribution in [0.5, 0.6) is 0 Å². The van der Waals surface area contributed by atoms with E-state index in [0.717, 1.165) is 10.5 Å². The summed E-state index contributed by atoms with van der Waals surface area (Å²) in [4.78, 5) is 53.6. The van der Waals surface area contributed by atoms with Crippen molar-refractivity contribution in [3.05, 3.63) is 71.8 Å². The first-order valence-corrected chi connectivity index (χ1v) is 14.4. The standard InChI is InChI=1S/C31H44N6O6/c1-31(2,3)37(18-22(32)16-24(37)27(35)40)28(25(38)15-14-20-10-6-4-7-11-20)36(29(41)23(33)17-26(34)39)30(42)43-19-21-12-8-5-9-13-21/h4-13,22-25,28,38H,14-19,32-33H2,1-3H3,(H3-,34,35,39,40)/p+1/t22-,23+,24-,25?,28?,37?/m1/s1. The zero-order chi connectivity index (χ0) is 31.9. The molecule has 0 aliphatic carbocycles. The van der Waals surface area contributed by atoms with Crippen molar-refractivity contribution in [2.45, 2.75) is 89.0 Å². The molecule has 0 aromatic heterocycles. The first-order chi connectivity index (χ1) is 20.2. The number of hydrogen-bond acceptors (Lipinski definition) is 8. The van der Waals surface area contributed by atoms with Gasteiger partial charge in [-0.15, -0.1) is 0 Å². The van der Waals surface area contributed by atoms with E-state index in [1.807, 2.05) is 51.1 Å². The van der Waals surface area contributed by atoms with Crippen molar-refractivity contribution in [1.82, 2.24) is 4.90 Å². The molecular weight excluding hydrogens is 552 g/mol.